The lowest BCUT2D eigenvalue weighted by atomic mass is 9.94. The number of carbonyl (C=O) groups is 1. The number of likely N-dealkylation sites (N-methyl/N-ethyl adjacent to an activating group) is 1. The first-order chi connectivity index (χ1) is 12.0. The topological polar surface area (TPSA) is 77.4 Å². The second kappa shape index (κ2) is 8.49. The van der Waals surface area contributed by atoms with Crippen LogP contribution in [0.5, 0.6) is 5.75 Å². The molecule has 132 valence electrons. The average molecular weight is 358 g/mol. The van der Waals surface area contributed by atoms with Gasteiger partial charge >= 0.3 is 0 Å². The van der Waals surface area contributed by atoms with Crippen LogP contribution in [0.4, 0.5) is 0 Å². The van der Waals surface area contributed by atoms with E-state index in [2.05, 4.69) is 10.6 Å². The van der Waals surface area contributed by atoms with E-state index in [-0.39, 0.29) is 18.6 Å². The number of nitrogens with one attached hydrogen (secondary N) is 2. The molecule has 0 bridgehead atoms. The lowest BCUT2D eigenvalue weighted by Crippen LogP contribution is -2.47. The molecule has 1 atom stereocenters. The Morgan fingerprint density at radius 2 is 1.96 bits per heavy atom. The standard InChI is InChI=1S/C18H22N4O2S/c1-4-22(5-2)17(23)15-12(3)20-18(25)21-16(15)13-6-8-14(9-7-13)24-11-10-19/h6-9,16H,4-5,11H2,1-3H3,(H2,20,21,25)/t16-/m1/s1. The number of rotatable bonds is 6. The van der Waals surface area contributed by atoms with Crippen molar-refractivity contribution in [3.05, 3.63) is 41.1 Å². The maximum Gasteiger partial charge on any atom is 0.253 e. The van der Waals surface area contributed by atoms with Gasteiger partial charge in [-0.05, 0) is 50.7 Å². The van der Waals surface area contributed by atoms with Gasteiger partial charge in [0.2, 0.25) is 0 Å². The molecule has 0 spiro atoms. The van der Waals surface area contributed by atoms with Crippen molar-refractivity contribution >= 4 is 23.2 Å². The van der Waals surface area contributed by atoms with Crippen molar-refractivity contribution in [2.75, 3.05) is 19.7 Å². The zero-order valence-electron chi connectivity index (χ0n) is 14.6. The van der Waals surface area contributed by atoms with Gasteiger partial charge in [0, 0.05) is 18.8 Å². The Morgan fingerprint density at radius 1 is 1.32 bits per heavy atom. The van der Waals surface area contributed by atoms with Crippen LogP contribution in [0.1, 0.15) is 32.4 Å². The highest BCUT2D eigenvalue weighted by Gasteiger charge is 2.31. The van der Waals surface area contributed by atoms with Crippen molar-refractivity contribution < 1.29 is 9.53 Å². The molecule has 0 saturated heterocycles. The number of nitriles is 1. The molecule has 0 aromatic heterocycles. The molecular formula is C18H22N4O2S. The third-order valence-electron chi connectivity index (χ3n) is 4.07. The van der Waals surface area contributed by atoms with E-state index in [4.69, 9.17) is 22.2 Å². The predicted molar refractivity (Wildman–Crippen MR) is 99.8 cm³/mol. The smallest absolute Gasteiger partial charge is 0.253 e. The quantitative estimate of drug-likeness (QED) is 0.760. The molecule has 0 aliphatic carbocycles. The third kappa shape index (κ3) is 4.28. The van der Waals surface area contributed by atoms with E-state index in [1.165, 1.54) is 0 Å². The molecule has 1 aliphatic rings. The van der Waals surface area contributed by atoms with Crippen LogP contribution in [0.15, 0.2) is 35.5 Å². The third-order valence-corrected chi connectivity index (χ3v) is 4.29. The van der Waals surface area contributed by atoms with Gasteiger partial charge in [-0.3, -0.25) is 4.79 Å². The van der Waals surface area contributed by atoms with E-state index in [9.17, 15) is 4.79 Å². The number of hydrogen-bond donors (Lipinski definition) is 2. The van der Waals surface area contributed by atoms with Crippen LogP contribution in [-0.4, -0.2) is 35.6 Å². The number of ether oxygens (including phenoxy) is 1. The summed E-state index contributed by atoms with van der Waals surface area (Å²) in [6.07, 6.45) is 0. The Bertz CT molecular complexity index is 718. The highest BCUT2D eigenvalue weighted by molar-refractivity contribution is 7.80. The first kappa shape index (κ1) is 18.7. The minimum Gasteiger partial charge on any atom is -0.479 e. The molecule has 1 heterocycles. The van der Waals surface area contributed by atoms with Crippen molar-refractivity contribution in [2.24, 2.45) is 0 Å². The number of hydrogen-bond acceptors (Lipinski definition) is 4. The Labute approximate surface area is 153 Å². The zero-order chi connectivity index (χ0) is 18.4. The maximum absolute atomic E-state index is 13.0. The van der Waals surface area contributed by atoms with E-state index >= 15 is 0 Å². The van der Waals surface area contributed by atoms with Gasteiger partial charge in [0.1, 0.15) is 11.8 Å². The molecule has 0 unspecified atom stereocenters. The number of amides is 1. The fourth-order valence-corrected chi connectivity index (χ4v) is 3.05. The lowest BCUT2D eigenvalue weighted by molar-refractivity contribution is -0.127. The van der Waals surface area contributed by atoms with Gasteiger partial charge in [-0.1, -0.05) is 12.1 Å². The van der Waals surface area contributed by atoms with E-state index in [1.807, 2.05) is 39.0 Å². The first-order valence-electron chi connectivity index (χ1n) is 8.19. The lowest BCUT2D eigenvalue weighted by Gasteiger charge is -2.33. The van der Waals surface area contributed by atoms with Crippen molar-refractivity contribution in [2.45, 2.75) is 26.8 Å². The van der Waals surface area contributed by atoms with Crippen molar-refractivity contribution in [3.63, 3.8) is 0 Å². The maximum atomic E-state index is 13.0. The van der Waals surface area contributed by atoms with Crippen LogP contribution in [0.3, 0.4) is 0 Å². The number of carbonyl (C=O) groups excluding carboxylic acids is 1. The molecule has 2 N–H and O–H groups in total. The minimum absolute atomic E-state index is 0.000260. The Hall–Kier alpha value is -2.59. The normalized spacial score (nSPS) is 16.6. The van der Waals surface area contributed by atoms with Crippen LogP contribution < -0.4 is 15.4 Å². The summed E-state index contributed by atoms with van der Waals surface area (Å²) in [5, 5.41) is 15.3. The summed E-state index contributed by atoms with van der Waals surface area (Å²) in [5.41, 5.74) is 2.32. The van der Waals surface area contributed by atoms with E-state index < -0.39 is 0 Å². The van der Waals surface area contributed by atoms with Crippen molar-refractivity contribution in [3.8, 4) is 11.8 Å². The molecule has 25 heavy (non-hydrogen) atoms. The van der Waals surface area contributed by atoms with Gasteiger partial charge in [-0.2, -0.15) is 5.26 Å². The molecule has 1 aromatic carbocycles. The molecule has 0 radical (unpaired) electrons. The van der Waals surface area contributed by atoms with E-state index in [1.54, 1.807) is 17.0 Å². The molecule has 1 aromatic rings. The predicted octanol–water partition coefficient (Wildman–Crippen LogP) is 2.25. The molecule has 0 saturated carbocycles. The number of benzene rings is 1. The number of allylic oxidation sites excluding steroid dienone is 1. The first-order valence-corrected chi connectivity index (χ1v) is 8.59. The summed E-state index contributed by atoms with van der Waals surface area (Å²) in [6, 6.07) is 8.93. The van der Waals surface area contributed by atoms with Gasteiger partial charge in [0.25, 0.3) is 5.91 Å². The summed E-state index contributed by atoms with van der Waals surface area (Å²) in [4.78, 5) is 14.7. The van der Waals surface area contributed by atoms with Crippen LogP contribution in [0.2, 0.25) is 0 Å². The van der Waals surface area contributed by atoms with Crippen LogP contribution in [0, 0.1) is 11.3 Å². The number of thiocarbonyl (C=S) groups is 1. The van der Waals surface area contributed by atoms with Crippen LogP contribution in [-0.2, 0) is 4.79 Å². The summed E-state index contributed by atoms with van der Waals surface area (Å²) in [6.45, 7) is 7.07. The molecule has 0 fully saturated rings. The molecule has 1 aliphatic heterocycles. The second-order valence-corrected chi connectivity index (χ2v) is 5.97. The minimum atomic E-state index is -0.327. The molecule has 1 amide bonds. The summed E-state index contributed by atoms with van der Waals surface area (Å²) >= 11 is 5.26. The second-order valence-electron chi connectivity index (χ2n) is 5.56. The molecule has 6 nitrogen and oxygen atoms in total. The van der Waals surface area contributed by atoms with Gasteiger partial charge in [0.15, 0.2) is 11.7 Å². The summed E-state index contributed by atoms with van der Waals surface area (Å²) in [5.74, 6) is 0.596. The van der Waals surface area contributed by atoms with Crippen LogP contribution >= 0.6 is 12.2 Å². The highest BCUT2D eigenvalue weighted by atomic mass is 32.1. The zero-order valence-corrected chi connectivity index (χ0v) is 15.4. The Morgan fingerprint density at radius 3 is 2.52 bits per heavy atom. The summed E-state index contributed by atoms with van der Waals surface area (Å²) < 4.78 is 5.28. The van der Waals surface area contributed by atoms with Gasteiger partial charge in [-0.25, -0.2) is 0 Å². The van der Waals surface area contributed by atoms with Gasteiger partial charge in [-0.15, -0.1) is 0 Å². The largest absolute Gasteiger partial charge is 0.479 e. The summed E-state index contributed by atoms with van der Waals surface area (Å²) in [7, 11) is 0. The molecule has 2 rings (SSSR count). The van der Waals surface area contributed by atoms with Crippen molar-refractivity contribution in [1.82, 2.24) is 15.5 Å². The SMILES string of the molecule is CCN(CC)C(=O)C1=C(C)NC(=S)N[C@@H]1c1ccc(OCC#N)cc1. The van der Waals surface area contributed by atoms with E-state index in [0.29, 0.717) is 29.5 Å². The molecule has 7 heteroatoms. The molecular weight excluding hydrogens is 336 g/mol. The van der Waals surface area contributed by atoms with Crippen molar-refractivity contribution in [1.29, 1.82) is 5.26 Å². The number of nitrogens with zero attached hydrogens (tertiary/aromatic N) is 2. The average Bonchev–Trinajstić information content (AvgIpc) is 2.60. The fraction of sp³-hybridized carbons (Fsp3) is 0.389. The van der Waals surface area contributed by atoms with Gasteiger partial charge in [0.05, 0.1) is 11.6 Å². The van der Waals surface area contributed by atoms with Crippen LogP contribution in [0.25, 0.3) is 0 Å². The Kier molecular flexibility index (Phi) is 6.37. The monoisotopic (exact) mass is 358 g/mol. The van der Waals surface area contributed by atoms with E-state index in [0.717, 1.165) is 11.3 Å². The fourth-order valence-electron chi connectivity index (χ4n) is 2.78. The highest BCUT2D eigenvalue weighted by Crippen LogP contribution is 2.29. The van der Waals surface area contributed by atoms with Gasteiger partial charge < -0.3 is 20.3 Å². The Balaban J connectivity index is 2.35.